The topological polar surface area (TPSA) is 55.6 Å². The molecule has 0 aliphatic carbocycles. The summed E-state index contributed by atoms with van der Waals surface area (Å²) in [5, 5.41) is 0. The molecule has 0 aromatic carbocycles. The maximum atomic E-state index is 11.4. The Morgan fingerprint density at radius 1 is 1.71 bits per heavy atom. The summed E-state index contributed by atoms with van der Waals surface area (Å²) in [4.78, 5) is 13.7. The molecule has 1 saturated heterocycles. The van der Waals surface area contributed by atoms with Gasteiger partial charge in [0.2, 0.25) is 0 Å². The Morgan fingerprint density at radius 3 is 2.93 bits per heavy atom. The molecule has 0 bridgehead atoms. The fourth-order valence-electron chi connectivity index (χ4n) is 2.17. The molecule has 4 heteroatoms. The van der Waals surface area contributed by atoms with Gasteiger partial charge in [-0.1, -0.05) is 0 Å². The van der Waals surface area contributed by atoms with Gasteiger partial charge in [-0.15, -0.1) is 0 Å². The summed E-state index contributed by atoms with van der Waals surface area (Å²) >= 11 is 0. The van der Waals surface area contributed by atoms with Crippen molar-refractivity contribution in [1.29, 1.82) is 0 Å². The van der Waals surface area contributed by atoms with Gasteiger partial charge in [-0.05, 0) is 32.4 Å². The summed E-state index contributed by atoms with van der Waals surface area (Å²) in [6, 6.07) is 0. The Bertz CT molecular complexity index is 197. The minimum Gasteiger partial charge on any atom is -0.469 e. The molecule has 2 atom stereocenters. The van der Waals surface area contributed by atoms with Crippen LogP contribution < -0.4 is 5.73 Å². The molecule has 0 radical (unpaired) electrons. The van der Waals surface area contributed by atoms with Crippen LogP contribution in [0.5, 0.6) is 0 Å². The molecule has 0 saturated carbocycles. The van der Waals surface area contributed by atoms with E-state index in [2.05, 4.69) is 11.9 Å². The van der Waals surface area contributed by atoms with Gasteiger partial charge in [0.25, 0.3) is 0 Å². The first-order valence-electron chi connectivity index (χ1n) is 5.15. The second-order valence-corrected chi connectivity index (χ2v) is 4.03. The van der Waals surface area contributed by atoms with Crippen molar-refractivity contribution in [2.75, 3.05) is 33.8 Å². The average molecular weight is 200 g/mol. The number of ether oxygens (including phenoxy) is 1. The highest BCUT2D eigenvalue weighted by atomic mass is 16.5. The highest BCUT2D eigenvalue weighted by molar-refractivity contribution is 5.72. The third kappa shape index (κ3) is 2.69. The van der Waals surface area contributed by atoms with Gasteiger partial charge in [0.15, 0.2) is 0 Å². The average Bonchev–Trinajstić information content (AvgIpc) is 2.19. The van der Waals surface area contributed by atoms with Crippen molar-refractivity contribution in [1.82, 2.24) is 4.90 Å². The summed E-state index contributed by atoms with van der Waals surface area (Å²) in [7, 11) is 3.51. The molecule has 4 nitrogen and oxygen atoms in total. The number of likely N-dealkylation sites (tertiary alicyclic amines) is 1. The Hall–Kier alpha value is -0.610. The SMILES string of the molecule is COC(=O)C(CN)C1CCCN(C)C1. The molecular formula is C10H20N2O2. The molecule has 1 aliphatic rings. The van der Waals surface area contributed by atoms with E-state index in [4.69, 9.17) is 10.5 Å². The van der Waals surface area contributed by atoms with Crippen LogP contribution in [-0.2, 0) is 9.53 Å². The normalized spacial score (nSPS) is 25.8. The third-order valence-corrected chi connectivity index (χ3v) is 2.99. The molecule has 0 spiro atoms. The molecule has 1 rings (SSSR count). The lowest BCUT2D eigenvalue weighted by Gasteiger charge is -2.33. The summed E-state index contributed by atoms with van der Waals surface area (Å²) in [6.07, 6.45) is 2.23. The molecule has 1 heterocycles. The number of esters is 1. The fourth-order valence-corrected chi connectivity index (χ4v) is 2.17. The lowest BCUT2D eigenvalue weighted by molar-refractivity contribution is -0.147. The number of rotatable bonds is 3. The molecule has 82 valence electrons. The highest BCUT2D eigenvalue weighted by Gasteiger charge is 2.30. The van der Waals surface area contributed by atoms with Gasteiger partial charge in [-0.3, -0.25) is 4.79 Å². The number of hydrogen-bond donors (Lipinski definition) is 1. The molecule has 2 unspecified atom stereocenters. The van der Waals surface area contributed by atoms with Crippen LogP contribution in [0.15, 0.2) is 0 Å². The molecule has 2 N–H and O–H groups in total. The minimum atomic E-state index is -0.159. The van der Waals surface area contributed by atoms with Crippen molar-refractivity contribution in [2.24, 2.45) is 17.6 Å². The van der Waals surface area contributed by atoms with Crippen molar-refractivity contribution in [3.8, 4) is 0 Å². The number of nitrogens with zero attached hydrogens (tertiary/aromatic N) is 1. The van der Waals surface area contributed by atoms with Gasteiger partial charge in [-0.25, -0.2) is 0 Å². The van der Waals surface area contributed by atoms with E-state index in [0.717, 1.165) is 25.9 Å². The van der Waals surface area contributed by atoms with Gasteiger partial charge in [-0.2, -0.15) is 0 Å². The molecule has 0 aromatic heterocycles. The maximum absolute atomic E-state index is 11.4. The predicted octanol–water partition coefficient (Wildman–Crippen LogP) is 0.0761. The van der Waals surface area contributed by atoms with Crippen LogP contribution in [0.3, 0.4) is 0 Å². The third-order valence-electron chi connectivity index (χ3n) is 2.99. The van der Waals surface area contributed by atoms with E-state index in [0.29, 0.717) is 12.5 Å². The van der Waals surface area contributed by atoms with E-state index < -0.39 is 0 Å². The first-order chi connectivity index (χ1) is 6.69. The second kappa shape index (κ2) is 5.32. The number of methoxy groups -OCH3 is 1. The van der Waals surface area contributed by atoms with Gasteiger partial charge in [0.1, 0.15) is 0 Å². The van der Waals surface area contributed by atoms with E-state index in [-0.39, 0.29) is 11.9 Å². The van der Waals surface area contributed by atoms with Crippen molar-refractivity contribution in [3.05, 3.63) is 0 Å². The van der Waals surface area contributed by atoms with Crippen LogP contribution in [0.25, 0.3) is 0 Å². The van der Waals surface area contributed by atoms with Gasteiger partial charge in [0, 0.05) is 13.1 Å². The first-order valence-corrected chi connectivity index (χ1v) is 5.15. The van der Waals surface area contributed by atoms with E-state index in [1.807, 2.05) is 0 Å². The van der Waals surface area contributed by atoms with E-state index >= 15 is 0 Å². The van der Waals surface area contributed by atoms with Gasteiger partial charge >= 0.3 is 5.97 Å². The smallest absolute Gasteiger partial charge is 0.310 e. The zero-order valence-electron chi connectivity index (χ0n) is 9.03. The first kappa shape index (κ1) is 11.5. The van der Waals surface area contributed by atoms with Crippen LogP contribution in [0, 0.1) is 11.8 Å². The lowest BCUT2D eigenvalue weighted by atomic mass is 9.85. The molecule has 0 aromatic rings. The second-order valence-electron chi connectivity index (χ2n) is 4.03. The fraction of sp³-hybridized carbons (Fsp3) is 0.900. The van der Waals surface area contributed by atoms with Crippen LogP contribution in [0.4, 0.5) is 0 Å². The van der Waals surface area contributed by atoms with Crippen molar-refractivity contribution in [2.45, 2.75) is 12.8 Å². The molecule has 14 heavy (non-hydrogen) atoms. The van der Waals surface area contributed by atoms with Crippen LogP contribution in [0.1, 0.15) is 12.8 Å². The number of hydrogen-bond acceptors (Lipinski definition) is 4. The van der Waals surface area contributed by atoms with Gasteiger partial charge < -0.3 is 15.4 Å². The van der Waals surface area contributed by atoms with Crippen molar-refractivity contribution in [3.63, 3.8) is 0 Å². The Balaban J connectivity index is 2.54. The van der Waals surface area contributed by atoms with Crippen molar-refractivity contribution < 1.29 is 9.53 Å². The van der Waals surface area contributed by atoms with E-state index in [1.165, 1.54) is 7.11 Å². The van der Waals surface area contributed by atoms with Crippen molar-refractivity contribution >= 4 is 5.97 Å². The Morgan fingerprint density at radius 2 is 2.43 bits per heavy atom. The van der Waals surface area contributed by atoms with Crippen LogP contribution in [0.2, 0.25) is 0 Å². The molecule has 1 fully saturated rings. The van der Waals surface area contributed by atoms with Gasteiger partial charge in [0.05, 0.1) is 13.0 Å². The number of carbonyl (C=O) groups is 1. The van der Waals surface area contributed by atoms with Crippen LogP contribution in [-0.4, -0.2) is 44.7 Å². The predicted molar refractivity (Wildman–Crippen MR) is 54.8 cm³/mol. The zero-order chi connectivity index (χ0) is 10.6. The van der Waals surface area contributed by atoms with E-state index in [1.54, 1.807) is 0 Å². The zero-order valence-corrected chi connectivity index (χ0v) is 9.03. The monoisotopic (exact) mass is 200 g/mol. The molecular weight excluding hydrogens is 180 g/mol. The molecule has 0 amide bonds. The summed E-state index contributed by atoms with van der Waals surface area (Å²) in [6.45, 7) is 2.47. The summed E-state index contributed by atoms with van der Waals surface area (Å²) < 4.78 is 4.75. The number of carbonyl (C=O) groups excluding carboxylic acids is 1. The molecule has 1 aliphatic heterocycles. The number of nitrogens with two attached hydrogens (primary N) is 1. The summed E-state index contributed by atoms with van der Waals surface area (Å²) in [5.74, 6) is 0.0850. The summed E-state index contributed by atoms with van der Waals surface area (Å²) in [5.41, 5.74) is 5.61. The highest BCUT2D eigenvalue weighted by Crippen LogP contribution is 2.23. The lowest BCUT2D eigenvalue weighted by Crippen LogP contribution is -2.41. The Kier molecular flexibility index (Phi) is 4.35. The Labute approximate surface area is 85.4 Å². The maximum Gasteiger partial charge on any atom is 0.310 e. The minimum absolute atomic E-state index is 0.122. The number of piperidine rings is 1. The van der Waals surface area contributed by atoms with Crippen LogP contribution >= 0.6 is 0 Å². The largest absolute Gasteiger partial charge is 0.469 e. The standard InChI is InChI=1S/C10H20N2O2/c1-12-5-3-4-8(7-12)9(6-11)10(13)14-2/h8-9H,3-7,11H2,1-2H3. The quantitative estimate of drug-likeness (QED) is 0.655. The van der Waals surface area contributed by atoms with E-state index in [9.17, 15) is 4.79 Å².